The van der Waals surface area contributed by atoms with Gasteiger partial charge in [-0.1, -0.05) is 17.7 Å². The zero-order valence-corrected chi connectivity index (χ0v) is 10.9. The number of aromatic amines is 1. The highest BCUT2D eigenvalue weighted by Crippen LogP contribution is 2.25. The van der Waals surface area contributed by atoms with Gasteiger partial charge in [-0.15, -0.1) is 0 Å². The lowest BCUT2D eigenvalue weighted by Gasteiger charge is -2.10. The number of rotatable bonds is 1. The van der Waals surface area contributed by atoms with Crippen molar-refractivity contribution in [3.8, 4) is 11.4 Å². The van der Waals surface area contributed by atoms with Crippen LogP contribution in [-0.2, 0) is 0 Å². The Bertz CT molecular complexity index is 608. The van der Waals surface area contributed by atoms with Gasteiger partial charge < -0.3 is 10.7 Å². The smallest absolute Gasteiger partial charge is 0.224 e. The highest BCUT2D eigenvalue weighted by Gasteiger charge is 2.09. The van der Waals surface area contributed by atoms with Crippen LogP contribution < -0.4 is 5.73 Å². The van der Waals surface area contributed by atoms with E-state index < -0.39 is 0 Å². The molecule has 0 bridgehead atoms. The van der Waals surface area contributed by atoms with E-state index in [0.29, 0.717) is 11.8 Å². The number of nitrogens with two attached hydrogens (primary N) is 1. The van der Waals surface area contributed by atoms with E-state index >= 15 is 0 Å². The van der Waals surface area contributed by atoms with E-state index in [-0.39, 0.29) is 4.77 Å². The van der Waals surface area contributed by atoms with E-state index in [1.165, 1.54) is 5.56 Å². The van der Waals surface area contributed by atoms with Gasteiger partial charge in [0.15, 0.2) is 0 Å². The highest BCUT2D eigenvalue weighted by molar-refractivity contribution is 7.71. The minimum Gasteiger partial charge on any atom is -0.369 e. The van der Waals surface area contributed by atoms with E-state index in [1.54, 1.807) is 0 Å². The Balaban J connectivity index is 2.72. The van der Waals surface area contributed by atoms with Crippen molar-refractivity contribution >= 4 is 18.2 Å². The lowest BCUT2D eigenvalue weighted by atomic mass is 9.99. The monoisotopic (exact) mass is 246 g/mol. The van der Waals surface area contributed by atoms with Crippen LogP contribution >= 0.6 is 12.2 Å². The number of H-pyrrole nitrogens is 1. The number of hydrogen-bond donors (Lipinski definition) is 2. The molecule has 0 saturated heterocycles. The number of anilines is 1. The first-order valence-corrected chi connectivity index (χ1v) is 5.70. The molecular formula is C12H14N4S. The topological polar surface area (TPSA) is 67.6 Å². The summed E-state index contributed by atoms with van der Waals surface area (Å²) in [6.07, 6.45) is 0. The van der Waals surface area contributed by atoms with Crippen LogP contribution in [0.25, 0.3) is 11.4 Å². The Labute approximate surface area is 105 Å². The van der Waals surface area contributed by atoms with Crippen molar-refractivity contribution in [2.75, 3.05) is 5.73 Å². The zero-order chi connectivity index (χ0) is 12.6. The molecule has 17 heavy (non-hydrogen) atoms. The van der Waals surface area contributed by atoms with E-state index in [2.05, 4.69) is 34.0 Å². The third-order valence-corrected chi connectivity index (χ3v) is 2.77. The third kappa shape index (κ3) is 2.34. The first-order valence-electron chi connectivity index (χ1n) is 5.29. The van der Waals surface area contributed by atoms with Crippen LogP contribution in [0.3, 0.4) is 0 Å². The molecule has 0 spiro atoms. The minimum absolute atomic E-state index is 0.260. The van der Waals surface area contributed by atoms with Crippen LogP contribution in [0, 0.1) is 25.5 Å². The van der Waals surface area contributed by atoms with E-state index in [4.69, 9.17) is 18.0 Å². The second kappa shape index (κ2) is 4.25. The van der Waals surface area contributed by atoms with Gasteiger partial charge in [0.1, 0.15) is 5.82 Å². The summed E-state index contributed by atoms with van der Waals surface area (Å²) in [6.45, 7) is 6.16. The normalized spacial score (nSPS) is 10.5. The maximum absolute atomic E-state index is 5.65. The largest absolute Gasteiger partial charge is 0.369 e. The average Bonchev–Trinajstić information content (AvgIpc) is 2.13. The summed E-state index contributed by atoms with van der Waals surface area (Å²) in [5.41, 5.74) is 10.2. The predicted octanol–water partition coefficient (Wildman–Crippen LogP) is 2.71. The second-order valence-electron chi connectivity index (χ2n) is 4.14. The number of aryl methyl sites for hydroxylation is 3. The Morgan fingerprint density at radius 2 is 1.71 bits per heavy atom. The Kier molecular flexibility index (Phi) is 2.93. The fraction of sp³-hybridized carbons (Fsp3) is 0.250. The molecule has 4 nitrogen and oxygen atoms in total. The molecule has 3 N–H and O–H groups in total. The first kappa shape index (κ1) is 11.7. The number of hydrogen-bond acceptors (Lipinski definition) is 4. The van der Waals surface area contributed by atoms with Crippen molar-refractivity contribution in [2.24, 2.45) is 0 Å². The molecule has 0 atom stereocenters. The van der Waals surface area contributed by atoms with Crippen LogP contribution in [-0.4, -0.2) is 15.0 Å². The SMILES string of the molecule is Cc1cc(C)c(-c2nc(=S)nc(N)[nH]2)c(C)c1. The average molecular weight is 246 g/mol. The molecule has 5 heteroatoms. The summed E-state index contributed by atoms with van der Waals surface area (Å²) in [4.78, 5) is 11.0. The molecule has 1 aromatic carbocycles. The number of aromatic nitrogens is 3. The maximum atomic E-state index is 5.65. The quantitative estimate of drug-likeness (QED) is 0.759. The standard InChI is InChI=1S/C12H14N4S/c1-6-4-7(2)9(8(3)5-6)10-14-11(13)16-12(17)15-10/h4-5H,1-3H3,(H3,13,14,15,16,17). The van der Waals surface area contributed by atoms with Crippen LogP contribution in [0.2, 0.25) is 0 Å². The fourth-order valence-electron chi connectivity index (χ4n) is 2.07. The van der Waals surface area contributed by atoms with Crippen LogP contribution in [0.15, 0.2) is 12.1 Å². The summed E-state index contributed by atoms with van der Waals surface area (Å²) < 4.78 is 0.260. The molecule has 0 unspecified atom stereocenters. The Hall–Kier alpha value is -1.75. The summed E-state index contributed by atoms with van der Waals surface area (Å²) in [5.74, 6) is 0.969. The lowest BCUT2D eigenvalue weighted by molar-refractivity contribution is 1.04. The maximum Gasteiger partial charge on any atom is 0.224 e. The third-order valence-electron chi connectivity index (χ3n) is 2.58. The van der Waals surface area contributed by atoms with Gasteiger partial charge in [-0.25, -0.2) is 4.98 Å². The number of nitrogens with one attached hydrogen (secondary N) is 1. The van der Waals surface area contributed by atoms with Crippen molar-refractivity contribution < 1.29 is 0 Å². The summed E-state index contributed by atoms with van der Waals surface area (Å²) in [5, 5.41) is 0. The van der Waals surface area contributed by atoms with Gasteiger partial charge in [0.2, 0.25) is 10.7 Å². The lowest BCUT2D eigenvalue weighted by Crippen LogP contribution is -2.02. The second-order valence-corrected chi connectivity index (χ2v) is 4.50. The van der Waals surface area contributed by atoms with E-state index in [1.807, 2.05) is 13.8 Å². The van der Waals surface area contributed by atoms with E-state index in [9.17, 15) is 0 Å². The molecule has 1 aromatic heterocycles. The van der Waals surface area contributed by atoms with Gasteiger partial charge in [0.25, 0.3) is 0 Å². The molecule has 0 aliphatic rings. The molecule has 0 saturated carbocycles. The van der Waals surface area contributed by atoms with Crippen LogP contribution in [0.5, 0.6) is 0 Å². The molecular weight excluding hydrogens is 232 g/mol. The summed E-state index contributed by atoms with van der Waals surface area (Å²) in [7, 11) is 0. The molecule has 88 valence electrons. The fourth-order valence-corrected chi connectivity index (χ4v) is 2.26. The van der Waals surface area contributed by atoms with Gasteiger partial charge >= 0.3 is 0 Å². The van der Waals surface area contributed by atoms with Gasteiger partial charge in [-0.05, 0) is 44.1 Å². The van der Waals surface area contributed by atoms with Crippen LogP contribution in [0.4, 0.5) is 5.95 Å². The Morgan fingerprint density at radius 1 is 1.12 bits per heavy atom. The number of benzene rings is 1. The van der Waals surface area contributed by atoms with Crippen molar-refractivity contribution in [3.63, 3.8) is 0 Å². The van der Waals surface area contributed by atoms with Crippen molar-refractivity contribution in [1.29, 1.82) is 0 Å². The van der Waals surface area contributed by atoms with Gasteiger partial charge in [-0.2, -0.15) is 4.98 Å². The van der Waals surface area contributed by atoms with Gasteiger partial charge in [0.05, 0.1) is 0 Å². The molecule has 0 amide bonds. The van der Waals surface area contributed by atoms with Gasteiger partial charge in [0, 0.05) is 5.56 Å². The van der Waals surface area contributed by atoms with Crippen LogP contribution in [0.1, 0.15) is 16.7 Å². The van der Waals surface area contributed by atoms with Gasteiger partial charge in [-0.3, -0.25) is 0 Å². The molecule has 0 radical (unpaired) electrons. The molecule has 0 aliphatic carbocycles. The first-order chi connectivity index (χ1) is 7.97. The van der Waals surface area contributed by atoms with Crippen molar-refractivity contribution in [3.05, 3.63) is 33.6 Å². The molecule has 0 aliphatic heterocycles. The van der Waals surface area contributed by atoms with E-state index in [0.717, 1.165) is 16.7 Å². The number of nitrogens with zero attached hydrogens (tertiary/aromatic N) is 2. The molecule has 2 rings (SSSR count). The van der Waals surface area contributed by atoms with Crippen molar-refractivity contribution in [1.82, 2.24) is 15.0 Å². The molecule has 2 aromatic rings. The molecule has 1 heterocycles. The molecule has 0 fully saturated rings. The Morgan fingerprint density at radius 3 is 2.24 bits per heavy atom. The highest BCUT2D eigenvalue weighted by atomic mass is 32.1. The van der Waals surface area contributed by atoms with Crippen molar-refractivity contribution in [2.45, 2.75) is 20.8 Å². The zero-order valence-electron chi connectivity index (χ0n) is 10.0. The minimum atomic E-state index is 0.260. The summed E-state index contributed by atoms with van der Waals surface area (Å²) >= 11 is 4.98. The number of nitrogen functional groups attached to an aromatic ring is 1. The predicted molar refractivity (Wildman–Crippen MR) is 71.3 cm³/mol. The summed E-state index contributed by atoms with van der Waals surface area (Å²) in [6, 6.07) is 4.22.